The smallest absolute Gasteiger partial charge is 0.326 e. The SMILES string of the molecule is CCNC(=O)Nc1cc(CCc2cnc(NC(=O)Nc3cc(C(C)(C)C)nn3C3C=CC(C)=CC3)s2)ccn1. The fourth-order valence-electron chi connectivity index (χ4n) is 4.02. The summed E-state index contributed by atoms with van der Waals surface area (Å²) in [5, 5.41) is 16.6. The minimum atomic E-state index is -0.362. The molecule has 3 aromatic heterocycles. The van der Waals surface area contributed by atoms with E-state index >= 15 is 0 Å². The van der Waals surface area contributed by atoms with Crippen molar-refractivity contribution >= 4 is 40.2 Å². The molecule has 10 nitrogen and oxygen atoms in total. The quantitative estimate of drug-likeness (QED) is 0.273. The summed E-state index contributed by atoms with van der Waals surface area (Å²) >= 11 is 1.43. The second-order valence-electron chi connectivity index (χ2n) is 10.5. The maximum Gasteiger partial charge on any atom is 0.326 e. The largest absolute Gasteiger partial charge is 0.338 e. The summed E-state index contributed by atoms with van der Waals surface area (Å²) in [7, 11) is 0. The van der Waals surface area contributed by atoms with Crippen molar-refractivity contribution in [1.29, 1.82) is 0 Å². The van der Waals surface area contributed by atoms with E-state index in [1.54, 1.807) is 12.4 Å². The summed E-state index contributed by atoms with van der Waals surface area (Å²) in [6.07, 6.45) is 12.1. The number of thiazole rings is 1. The lowest BCUT2D eigenvalue weighted by atomic mass is 9.92. The highest BCUT2D eigenvalue weighted by atomic mass is 32.1. The van der Waals surface area contributed by atoms with Crippen LogP contribution < -0.4 is 21.3 Å². The summed E-state index contributed by atoms with van der Waals surface area (Å²) in [4.78, 5) is 34.3. The van der Waals surface area contributed by atoms with Gasteiger partial charge in [0.05, 0.1) is 11.7 Å². The number of aromatic nitrogens is 4. The Kier molecular flexibility index (Phi) is 8.80. The topological polar surface area (TPSA) is 126 Å². The number of hydrogen-bond acceptors (Lipinski definition) is 6. The summed E-state index contributed by atoms with van der Waals surface area (Å²) in [5.74, 6) is 1.15. The highest BCUT2D eigenvalue weighted by Crippen LogP contribution is 2.30. The van der Waals surface area contributed by atoms with Crippen LogP contribution in [0.25, 0.3) is 0 Å². The third-order valence-corrected chi connectivity index (χ3v) is 7.13. The van der Waals surface area contributed by atoms with Crippen molar-refractivity contribution in [2.24, 2.45) is 0 Å². The van der Waals surface area contributed by atoms with Gasteiger partial charge in [-0.15, -0.1) is 11.3 Å². The van der Waals surface area contributed by atoms with Crippen molar-refractivity contribution in [2.75, 3.05) is 22.5 Å². The average molecular weight is 549 g/mol. The highest BCUT2D eigenvalue weighted by molar-refractivity contribution is 7.15. The first-order valence-electron chi connectivity index (χ1n) is 13.1. The molecule has 4 amide bonds. The first-order valence-corrected chi connectivity index (χ1v) is 13.9. The summed E-state index contributed by atoms with van der Waals surface area (Å²) in [5.41, 5.74) is 3.03. The number of carbonyl (C=O) groups excluding carboxylic acids is 2. The van der Waals surface area contributed by atoms with Crippen LogP contribution in [0, 0.1) is 0 Å². The van der Waals surface area contributed by atoms with Gasteiger partial charge in [-0.05, 0) is 50.8 Å². The zero-order valence-electron chi connectivity index (χ0n) is 23.0. The van der Waals surface area contributed by atoms with Crippen molar-refractivity contribution in [3.8, 4) is 0 Å². The Morgan fingerprint density at radius 1 is 1.10 bits per heavy atom. The molecule has 0 bridgehead atoms. The monoisotopic (exact) mass is 548 g/mol. The van der Waals surface area contributed by atoms with Crippen LogP contribution >= 0.6 is 11.3 Å². The molecule has 0 saturated heterocycles. The molecule has 11 heteroatoms. The molecule has 206 valence electrons. The molecule has 1 aliphatic carbocycles. The molecule has 0 spiro atoms. The molecular weight excluding hydrogens is 512 g/mol. The number of carbonyl (C=O) groups is 2. The van der Waals surface area contributed by atoms with E-state index in [9.17, 15) is 9.59 Å². The normalized spacial score (nSPS) is 15.0. The molecule has 4 N–H and O–H groups in total. The van der Waals surface area contributed by atoms with Crippen LogP contribution in [0.4, 0.5) is 26.4 Å². The number of urea groups is 2. The Morgan fingerprint density at radius 3 is 2.64 bits per heavy atom. The van der Waals surface area contributed by atoms with Gasteiger partial charge in [-0.1, -0.05) is 44.6 Å². The number of nitrogens with one attached hydrogen (secondary N) is 4. The lowest BCUT2D eigenvalue weighted by Gasteiger charge is -2.19. The standard InChI is InChI=1S/C28H36N8O2S/c1-6-29-25(37)32-23-15-19(13-14-30-23)9-12-21-17-31-27(39-21)34-26(38)33-24-16-22(28(3,4)5)35-36(24)20-10-7-18(2)8-11-20/h7-8,10,13-17,20H,6,9,11-12H2,1-5H3,(H2,29,30,32,37)(H2,31,33,34,38). The van der Waals surface area contributed by atoms with Gasteiger partial charge in [-0.25, -0.2) is 24.2 Å². The van der Waals surface area contributed by atoms with Gasteiger partial charge in [-0.2, -0.15) is 5.10 Å². The van der Waals surface area contributed by atoms with Crippen LogP contribution in [0.5, 0.6) is 0 Å². The lowest BCUT2D eigenvalue weighted by molar-refractivity contribution is 0.252. The van der Waals surface area contributed by atoms with Crippen molar-refractivity contribution in [2.45, 2.75) is 65.3 Å². The van der Waals surface area contributed by atoms with E-state index in [0.717, 1.165) is 35.4 Å². The van der Waals surface area contributed by atoms with E-state index in [2.05, 4.69) is 77.2 Å². The fourth-order valence-corrected chi connectivity index (χ4v) is 4.82. The third-order valence-electron chi connectivity index (χ3n) is 6.16. The molecule has 1 atom stereocenters. The number of nitrogens with zero attached hydrogens (tertiary/aromatic N) is 4. The zero-order chi connectivity index (χ0) is 28.0. The molecule has 0 fully saturated rings. The second-order valence-corrected chi connectivity index (χ2v) is 11.6. The molecule has 0 aromatic carbocycles. The van der Waals surface area contributed by atoms with Crippen LogP contribution in [0.3, 0.4) is 0 Å². The fraction of sp³-hybridized carbons (Fsp3) is 0.393. The molecular formula is C28H36N8O2S. The Balaban J connectivity index is 1.36. The molecule has 0 radical (unpaired) electrons. The number of pyridine rings is 1. The summed E-state index contributed by atoms with van der Waals surface area (Å²) in [6.45, 7) is 10.8. The van der Waals surface area contributed by atoms with E-state index in [1.165, 1.54) is 16.9 Å². The summed E-state index contributed by atoms with van der Waals surface area (Å²) in [6, 6.07) is 5.12. The van der Waals surface area contributed by atoms with E-state index in [4.69, 9.17) is 5.10 Å². The van der Waals surface area contributed by atoms with Crippen LogP contribution in [0.15, 0.2) is 54.4 Å². The van der Waals surface area contributed by atoms with Gasteiger partial charge in [0.2, 0.25) is 0 Å². The van der Waals surface area contributed by atoms with Gasteiger partial charge < -0.3 is 5.32 Å². The third kappa shape index (κ3) is 7.76. The minimum absolute atomic E-state index is 0.0384. The van der Waals surface area contributed by atoms with Gasteiger partial charge in [0.1, 0.15) is 11.6 Å². The zero-order valence-corrected chi connectivity index (χ0v) is 23.9. The Labute approximate surface area is 233 Å². The van der Waals surface area contributed by atoms with Gasteiger partial charge in [-0.3, -0.25) is 16.0 Å². The van der Waals surface area contributed by atoms with Crippen molar-refractivity contribution in [1.82, 2.24) is 25.1 Å². The first-order chi connectivity index (χ1) is 18.6. The minimum Gasteiger partial charge on any atom is -0.338 e. The number of allylic oxidation sites excluding steroid dienone is 4. The molecule has 0 saturated carbocycles. The molecule has 1 unspecified atom stereocenters. The highest BCUT2D eigenvalue weighted by Gasteiger charge is 2.24. The Morgan fingerprint density at radius 2 is 1.92 bits per heavy atom. The number of aryl methyl sites for hydroxylation is 2. The van der Waals surface area contributed by atoms with Crippen LogP contribution in [-0.2, 0) is 18.3 Å². The van der Waals surface area contributed by atoms with E-state index in [-0.39, 0.29) is 23.5 Å². The van der Waals surface area contributed by atoms with Gasteiger partial charge in [0, 0.05) is 35.3 Å². The number of anilines is 3. The number of rotatable bonds is 8. The second kappa shape index (κ2) is 12.2. The van der Waals surface area contributed by atoms with Crippen molar-refractivity contribution in [3.63, 3.8) is 0 Å². The van der Waals surface area contributed by atoms with Gasteiger partial charge in [0.15, 0.2) is 5.13 Å². The Bertz CT molecular complexity index is 1380. The van der Waals surface area contributed by atoms with Gasteiger partial charge >= 0.3 is 12.1 Å². The first kappa shape index (κ1) is 28.0. The lowest BCUT2D eigenvalue weighted by Crippen LogP contribution is -2.28. The van der Waals surface area contributed by atoms with Crippen LogP contribution in [-0.4, -0.2) is 38.4 Å². The van der Waals surface area contributed by atoms with E-state index in [0.29, 0.717) is 23.3 Å². The maximum absolute atomic E-state index is 12.9. The number of hydrogen-bond donors (Lipinski definition) is 4. The molecule has 4 rings (SSSR count). The molecule has 39 heavy (non-hydrogen) atoms. The predicted octanol–water partition coefficient (Wildman–Crippen LogP) is 6.05. The van der Waals surface area contributed by atoms with E-state index in [1.807, 2.05) is 29.8 Å². The maximum atomic E-state index is 12.9. The number of amides is 4. The van der Waals surface area contributed by atoms with E-state index < -0.39 is 0 Å². The van der Waals surface area contributed by atoms with Gasteiger partial charge in [0.25, 0.3) is 0 Å². The Hall–Kier alpha value is -3.99. The molecule has 1 aliphatic rings. The van der Waals surface area contributed by atoms with Crippen molar-refractivity contribution in [3.05, 3.63) is 70.5 Å². The molecule has 3 aromatic rings. The molecule has 3 heterocycles. The van der Waals surface area contributed by atoms with Crippen LogP contribution in [0.1, 0.15) is 63.2 Å². The average Bonchev–Trinajstić information content (AvgIpc) is 3.50. The predicted molar refractivity (Wildman–Crippen MR) is 157 cm³/mol. The molecule has 0 aliphatic heterocycles. The summed E-state index contributed by atoms with van der Waals surface area (Å²) < 4.78 is 1.89. The van der Waals surface area contributed by atoms with Crippen molar-refractivity contribution < 1.29 is 9.59 Å². The van der Waals surface area contributed by atoms with Crippen LogP contribution in [0.2, 0.25) is 0 Å².